The molecule has 3 heteroatoms. The van der Waals surface area contributed by atoms with Gasteiger partial charge in [-0.2, -0.15) is 0 Å². The lowest BCUT2D eigenvalue weighted by Crippen LogP contribution is -1.91. The summed E-state index contributed by atoms with van der Waals surface area (Å²) in [5.41, 5.74) is 1.79. The van der Waals surface area contributed by atoms with Gasteiger partial charge in [-0.1, -0.05) is 18.2 Å². The summed E-state index contributed by atoms with van der Waals surface area (Å²) in [6, 6.07) is 6.84. The molecule has 0 fully saturated rings. The molecule has 1 aliphatic rings. The number of rotatable bonds is 1. The molecule has 1 aliphatic heterocycles. The Morgan fingerprint density at radius 1 is 1.46 bits per heavy atom. The molecule has 1 atom stereocenters. The van der Waals surface area contributed by atoms with Crippen molar-refractivity contribution in [2.75, 3.05) is 5.75 Å². The van der Waals surface area contributed by atoms with Crippen LogP contribution in [0.2, 0.25) is 0 Å². The maximum atomic E-state index is 13.3. The lowest BCUT2D eigenvalue weighted by Gasteiger charge is -2.06. The maximum absolute atomic E-state index is 13.3. The monoisotopic (exact) mass is 195 g/mol. The van der Waals surface area contributed by atoms with E-state index in [1.807, 2.05) is 13.0 Å². The van der Waals surface area contributed by atoms with Crippen LogP contribution in [0.4, 0.5) is 4.39 Å². The highest BCUT2D eigenvalue weighted by molar-refractivity contribution is 8.00. The summed E-state index contributed by atoms with van der Waals surface area (Å²) in [5.74, 6) is 0.761. The van der Waals surface area contributed by atoms with Crippen LogP contribution in [0, 0.1) is 5.82 Å². The number of halogens is 1. The van der Waals surface area contributed by atoms with E-state index in [1.165, 1.54) is 6.07 Å². The highest BCUT2D eigenvalue weighted by Gasteiger charge is 2.19. The Morgan fingerprint density at radius 3 is 2.85 bits per heavy atom. The average molecular weight is 195 g/mol. The first-order valence-corrected chi connectivity index (χ1v) is 5.21. The van der Waals surface area contributed by atoms with Gasteiger partial charge in [0.05, 0.1) is 0 Å². The highest BCUT2D eigenvalue weighted by Crippen LogP contribution is 2.36. The number of nitrogens with zero attached hydrogens (tertiary/aromatic N) is 1. The Morgan fingerprint density at radius 2 is 2.23 bits per heavy atom. The summed E-state index contributed by atoms with van der Waals surface area (Å²) in [4.78, 5) is 4.36. The lowest BCUT2D eigenvalue weighted by atomic mass is 10.2. The molecular formula is C10H10FNS. The number of hydrogen-bond donors (Lipinski definition) is 0. The van der Waals surface area contributed by atoms with Crippen molar-refractivity contribution in [1.29, 1.82) is 0 Å². The van der Waals surface area contributed by atoms with Crippen molar-refractivity contribution in [1.82, 2.24) is 0 Å². The highest BCUT2D eigenvalue weighted by atomic mass is 32.2. The second kappa shape index (κ2) is 3.50. The first kappa shape index (κ1) is 8.75. The largest absolute Gasteiger partial charge is 0.274 e. The van der Waals surface area contributed by atoms with Crippen LogP contribution in [-0.2, 0) is 0 Å². The van der Waals surface area contributed by atoms with Gasteiger partial charge in [-0.15, -0.1) is 11.8 Å². The SMILES string of the molecule is CC1=NC(c2ccccc2F)SC1. The van der Waals surface area contributed by atoms with E-state index in [-0.39, 0.29) is 11.2 Å². The Balaban J connectivity index is 2.31. The molecule has 13 heavy (non-hydrogen) atoms. The fraction of sp³-hybridized carbons (Fsp3) is 0.300. The third-order valence-electron chi connectivity index (χ3n) is 1.96. The summed E-state index contributed by atoms with van der Waals surface area (Å²) >= 11 is 1.67. The summed E-state index contributed by atoms with van der Waals surface area (Å²) in [6.07, 6.45) is 0. The van der Waals surface area contributed by atoms with Gasteiger partial charge in [0.25, 0.3) is 0 Å². The van der Waals surface area contributed by atoms with Gasteiger partial charge in [-0.3, -0.25) is 4.99 Å². The number of hydrogen-bond acceptors (Lipinski definition) is 2. The molecule has 1 heterocycles. The summed E-state index contributed by atoms with van der Waals surface area (Å²) in [7, 11) is 0. The molecule has 2 rings (SSSR count). The van der Waals surface area contributed by atoms with Crippen molar-refractivity contribution in [3.05, 3.63) is 35.6 Å². The van der Waals surface area contributed by atoms with Gasteiger partial charge in [0, 0.05) is 17.0 Å². The molecule has 0 spiro atoms. The Hall–Kier alpha value is -0.830. The molecule has 0 aliphatic carbocycles. The standard InChI is InChI=1S/C10H10FNS/c1-7-6-13-10(12-7)8-4-2-3-5-9(8)11/h2-5,10H,6H2,1H3. The Kier molecular flexibility index (Phi) is 2.36. The molecule has 0 N–H and O–H groups in total. The fourth-order valence-electron chi connectivity index (χ4n) is 1.31. The summed E-state index contributed by atoms with van der Waals surface area (Å²) in [6.45, 7) is 1.98. The smallest absolute Gasteiger partial charge is 0.129 e. The van der Waals surface area contributed by atoms with Crippen LogP contribution in [0.5, 0.6) is 0 Å². The first-order chi connectivity index (χ1) is 6.27. The van der Waals surface area contributed by atoms with Crippen LogP contribution in [0.25, 0.3) is 0 Å². The van der Waals surface area contributed by atoms with Gasteiger partial charge < -0.3 is 0 Å². The van der Waals surface area contributed by atoms with Crippen LogP contribution in [-0.4, -0.2) is 11.5 Å². The van der Waals surface area contributed by atoms with E-state index in [1.54, 1.807) is 23.9 Å². The molecule has 1 unspecified atom stereocenters. The van der Waals surface area contributed by atoms with E-state index < -0.39 is 0 Å². The summed E-state index contributed by atoms with van der Waals surface area (Å²) in [5, 5.41) is -0.0267. The first-order valence-electron chi connectivity index (χ1n) is 4.16. The zero-order valence-electron chi connectivity index (χ0n) is 7.33. The average Bonchev–Trinajstić information content (AvgIpc) is 2.53. The van der Waals surface area contributed by atoms with Crippen LogP contribution in [0.1, 0.15) is 17.9 Å². The second-order valence-corrected chi connectivity index (χ2v) is 4.12. The van der Waals surface area contributed by atoms with Crippen LogP contribution in [0.15, 0.2) is 29.3 Å². The van der Waals surface area contributed by atoms with Crippen LogP contribution in [0.3, 0.4) is 0 Å². The van der Waals surface area contributed by atoms with Gasteiger partial charge in [0.1, 0.15) is 11.2 Å². The van der Waals surface area contributed by atoms with Crippen molar-refractivity contribution in [3.63, 3.8) is 0 Å². The van der Waals surface area contributed by atoms with E-state index in [0.717, 1.165) is 11.5 Å². The van der Waals surface area contributed by atoms with Crippen molar-refractivity contribution < 1.29 is 4.39 Å². The fourth-order valence-corrected chi connectivity index (χ4v) is 2.41. The van der Waals surface area contributed by atoms with E-state index in [9.17, 15) is 4.39 Å². The Bertz CT molecular complexity index is 349. The minimum atomic E-state index is -0.154. The molecule has 0 amide bonds. The van der Waals surface area contributed by atoms with Gasteiger partial charge >= 0.3 is 0 Å². The molecule has 1 aromatic rings. The van der Waals surface area contributed by atoms with Crippen LogP contribution >= 0.6 is 11.8 Å². The maximum Gasteiger partial charge on any atom is 0.129 e. The van der Waals surface area contributed by atoms with E-state index in [0.29, 0.717) is 5.56 Å². The molecule has 0 radical (unpaired) electrons. The minimum absolute atomic E-state index is 0.0267. The summed E-state index contributed by atoms with van der Waals surface area (Å²) < 4.78 is 13.3. The van der Waals surface area contributed by atoms with Crippen molar-refractivity contribution in [2.45, 2.75) is 12.3 Å². The topological polar surface area (TPSA) is 12.4 Å². The number of thioether (sulfide) groups is 1. The Labute approximate surface area is 81.1 Å². The second-order valence-electron chi connectivity index (χ2n) is 3.05. The van der Waals surface area contributed by atoms with Gasteiger partial charge in [-0.05, 0) is 13.0 Å². The third-order valence-corrected chi connectivity index (χ3v) is 3.22. The van der Waals surface area contributed by atoms with Crippen molar-refractivity contribution >= 4 is 17.5 Å². The van der Waals surface area contributed by atoms with Gasteiger partial charge in [-0.25, -0.2) is 4.39 Å². The predicted molar refractivity (Wildman–Crippen MR) is 54.7 cm³/mol. The number of benzene rings is 1. The lowest BCUT2D eigenvalue weighted by molar-refractivity contribution is 0.610. The quantitative estimate of drug-likeness (QED) is 0.671. The molecule has 0 aromatic heterocycles. The normalized spacial score (nSPS) is 21.7. The third kappa shape index (κ3) is 1.75. The molecule has 1 aromatic carbocycles. The van der Waals surface area contributed by atoms with Crippen molar-refractivity contribution in [2.24, 2.45) is 4.99 Å². The van der Waals surface area contributed by atoms with Gasteiger partial charge in [0.2, 0.25) is 0 Å². The van der Waals surface area contributed by atoms with Crippen LogP contribution < -0.4 is 0 Å². The predicted octanol–water partition coefficient (Wildman–Crippen LogP) is 3.03. The molecule has 0 saturated carbocycles. The molecule has 0 saturated heterocycles. The molecule has 0 bridgehead atoms. The zero-order chi connectivity index (χ0) is 9.26. The number of aliphatic imine (C=N–C) groups is 1. The molecular weight excluding hydrogens is 185 g/mol. The van der Waals surface area contributed by atoms with E-state index >= 15 is 0 Å². The van der Waals surface area contributed by atoms with E-state index in [4.69, 9.17) is 0 Å². The molecule has 68 valence electrons. The molecule has 1 nitrogen and oxygen atoms in total. The van der Waals surface area contributed by atoms with E-state index in [2.05, 4.69) is 4.99 Å². The minimum Gasteiger partial charge on any atom is -0.274 e. The van der Waals surface area contributed by atoms with Gasteiger partial charge in [0.15, 0.2) is 0 Å². The zero-order valence-corrected chi connectivity index (χ0v) is 8.14. The van der Waals surface area contributed by atoms with Crippen molar-refractivity contribution in [3.8, 4) is 0 Å².